The van der Waals surface area contributed by atoms with Gasteiger partial charge in [-0.25, -0.2) is 4.79 Å². The molecule has 2 atom stereocenters. The number of imide groups is 1. The van der Waals surface area contributed by atoms with E-state index in [1.807, 2.05) is 6.92 Å². The minimum absolute atomic E-state index is 0.0944. The van der Waals surface area contributed by atoms with Crippen LogP contribution in [0.15, 0.2) is 12.7 Å². The summed E-state index contributed by atoms with van der Waals surface area (Å²) in [7, 11) is 0. The summed E-state index contributed by atoms with van der Waals surface area (Å²) in [4.78, 5) is 25.6. The van der Waals surface area contributed by atoms with Crippen LogP contribution in [-0.2, 0) is 4.79 Å². The van der Waals surface area contributed by atoms with Crippen LogP contribution >= 0.6 is 0 Å². The molecule has 2 aliphatic rings. The summed E-state index contributed by atoms with van der Waals surface area (Å²) in [6.45, 7) is 7.67. The van der Waals surface area contributed by atoms with Gasteiger partial charge in [0, 0.05) is 19.0 Å². The van der Waals surface area contributed by atoms with Crippen molar-refractivity contribution in [3.8, 4) is 0 Å². The molecule has 5 heteroatoms. The standard InChI is InChI=1S/C13H21N3O2/c1-3-4-8-16-11(17)13(2,15-12(16)18)10-6-5-7-14-9-10/h3,10,14H,1,4-9H2,2H3,(H,15,18). The summed E-state index contributed by atoms with van der Waals surface area (Å²) in [6, 6.07) is -0.269. The number of carbonyl (C=O) groups excluding carboxylic acids is 2. The van der Waals surface area contributed by atoms with Crippen molar-refractivity contribution in [3.63, 3.8) is 0 Å². The molecular weight excluding hydrogens is 230 g/mol. The Balaban J connectivity index is 2.11. The van der Waals surface area contributed by atoms with Gasteiger partial charge in [-0.3, -0.25) is 9.69 Å². The first-order valence-corrected chi connectivity index (χ1v) is 6.55. The normalized spacial score (nSPS) is 32.5. The Morgan fingerprint density at radius 3 is 2.94 bits per heavy atom. The van der Waals surface area contributed by atoms with Crippen molar-refractivity contribution in [2.75, 3.05) is 19.6 Å². The number of rotatable bonds is 4. The Bertz CT molecular complexity index is 363. The zero-order valence-corrected chi connectivity index (χ0v) is 10.9. The summed E-state index contributed by atoms with van der Waals surface area (Å²) in [6.07, 6.45) is 4.39. The van der Waals surface area contributed by atoms with Crippen LogP contribution in [0.1, 0.15) is 26.2 Å². The van der Waals surface area contributed by atoms with Crippen LogP contribution in [0, 0.1) is 5.92 Å². The maximum absolute atomic E-state index is 12.4. The highest BCUT2D eigenvalue weighted by Gasteiger charge is 2.52. The summed E-state index contributed by atoms with van der Waals surface area (Å²) >= 11 is 0. The molecule has 2 heterocycles. The maximum atomic E-state index is 12.4. The number of urea groups is 1. The fourth-order valence-electron chi connectivity index (χ4n) is 2.76. The molecule has 100 valence electrons. The van der Waals surface area contributed by atoms with Crippen LogP contribution in [0.5, 0.6) is 0 Å². The Morgan fingerprint density at radius 2 is 2.33 bits per heavy atom. The Kier molecular flexibility index (Phi) is 3.71. The molecule has 0 spiro atoms. The molecule has 0 bridgehead atoms. The van der Waals surface area contributed by atoms with Gasteiger partial charge in [-0.1, -0.05) is 6.08 Å². The molecule has 2 fully saturated rings. The smallest absolute Gasteiger partial charge is 0.323 e. The van der Waals surface area contributed by atoms with Gasteiger partial charge in [-0.15, -0.1) is 6.58 Å². The number of hydrogen-bond acceptors (Lipinski definition) is 3. The van der Waals surface area contributed by atoms with Crippen molar-refractivity contribution in [3.05, 3.63) is 12.7 Å². The average molecular weight is 251 g/mol. The summed E-state index contributed by atoms with van der Waals surface area (Å²) in [5.41, 5.74) is -0.744. The predicted octanol–water partition coefficient (Wildman–Crippen LogP) is 0.873. The van der Waals surface area contributed by atoms with Crippen molar-refractivity contribution >= 4 is 11.9 Å². The van der Waals surface area contributed by atoms with E-state index in [1.54, 1.807) is 6.08 Å². The zero-order valence-electron chi connectivity index (χ0n) is 10.9. The third kappa shape index (κ3) is 2.14. The van der Waals surface area contributed by atoms with Crippen molar-refractivity contribution < 1.29 is 9.59 Å². The van der Waals surface area contributed by atoms with Crippen molar-refractivity contribution in [1.29, 1.82) is 0 Å². The first-order valence-electron chi connectivity index (χ1n) is 6.55. The fraction of sp³-hybridized carbons (Fsp3) is 0.692. The van der Waals surface area contributed by atoms with Gasteiger partial charge in [0.1, 0.15) is 5.54 Å². The van der Waals surface area contributed by atoms with Crippen LogP contribution in [0.2, 0.25) is 0 Å². The largest absolute Gasteiger partial charge is 0.325 e. The van der Waals surface area contributed by atoms with E-state index >= 15 is 0 Å². The molecule has 0 radical (unpaired) electrons. The van der Waals surface area contributed by atoms with E-state index in [0.717, 1.165) is 25.9 Å². The lowest BCUT2D eigenvalue weighted by molar-refractivity contribution is -0.132. The number of carbonyl (C=O) groups is 2. The van der Waals surface area contributed by atoms with Gasteiger partial charge >= 0.3 is 6.03 Å². The van der Waals surface area contributed by atoms with E-state index in [-0.39, 0.29) is 17.9 Å². The third-order valence-corrected chi connectivity index (χ3v) is 3.97. The van der Waals surface area contributed by atoms with E-state index in [2.05, 4.69) is 17.2 Å². The lowest BCUT2D eigenvalue weighted by atomic mass is 9.80. The molecule has 2 unspecified atom stereocenters. The highest BCUT2D eigenvalue weighted by Crippen LogP contribution is 2.30. The first-order chi connectivity index (χ1) is 8.59. The van der Waals surface area contributed by atoms with Gasteiger partial charge in [0.25, 0.3) is 5.91 Å². The summed E-state index contributed by atoms with van der Waals surface area (Å²) in [5, 5.41) is 6.16. The Morgan fingerprint density at radius 1 is 1.56 bits per heavy atom. The highest BCUT2D eigenvalue weighted by atomic mass is 16.2. The van der Waals surface area contributed by atoms with Gasteiger partial charge in [-0.05, 0) is 32.7 Å². The van der Waals surface area contributed by atoms with Crippen LogP contribution in [-0.4, -0.2) is 42.0 Å². The monoisotopic (exact) mass is 251 g/mol. The molecular formula is C13H21N3O2. The molecule has 0 aromatic heterocycles. The van der Waals surface area contributed by atoms with Crippen molar-refractivity contribution in [2.24, 2.45) is 5.92 Å². The second-order valence-electron chi connectivity index (χ2n) is 5.21. The molecule has 2 N–H and O–H groups in total. The lowest BCUT2D eigenvalue weighted by Gasteiger charge is -2.34. The van der Waals surface area contributed by atoms with Crippen LogP contribution in [0.25, 0.3) is 0 Å². The summed E-state index contributed by atoms with van der Waals surface area (Å²) < 4.78 is 0. The van der Waals surface area contributed by atoms with Gasteiger partial charge in [0.15, 0.2) is 0 Å². The highest BCUT2D eigenvalue weighted by molar-refractivity contribution is 6.07. The van der Waals surface area contributed by atoms with Crippen molar-refractivity contribution in [2.45, 2.75) is 31.7 Å². The predicted molar refractivity (Wildman–Crippen MR) is 69.1 cm³/mol. The quantitative estimate of drug-likeness (QED) is 0.576. The Hall–Kier alpha value is -1.36. The van der Waals surface area contributed by atoms with Crippen LogP contribution in [0.3, 0.4) is 0 Å². The molecule has 0 aromatic carbocycles. The molecule has 18 heavy (non-hydrogen) atoms. The van der Waals surface area contributed by atoms with E-state index in [0.29, 0.717) is 13.0 Å². The number of amides is 3. The van der Waals surface area contributed by atoms with E-state index in [9.17, 15) is 9.59 Å². The molecule has 0 saturated carbocycles. The minimum Gasteiger partial charge on any atom is -0.323 e. The van der Waals surface area contributed by atoms with Crippen LogP contribution < -0.4 is 10.6 Å². The molecule has 0 aromatic rings. The van der Waals surface area contributed by atoms with Gasteiger partial charge in [0.05, 0.1) is 0 Å². The fourth-order valence-corrected chi connectivity index (χ4v) is 2.76. The lowest BCUT2D eigenvalue weighted by Crippen LogP contribution is -2.55. The maximum Gasteiger partial charge on any atom is 0.325 e. The number of nitrogens with one attached hydrogen (secondary N) is 2. The minimum atomic E-state index is -0.744. The number of hydrogen-bond donors (Lipinski definition) is 2. The van der Waals surface area contributed by atoms with Crippen LogP contribution in [0.4, 0.5) is 4.79 Å². The molecule has 3 amide bonds. The molecule has 2 rings (SSSR count). The third-order valence-electron chi connectivity index (χ3n) is 3.97. The first kappa shape index (κ1) is 13.1. The topological polar surface area (TPSA) is 61.4 Å². The molecule has 2 saturated heterocycles. The van der Waals surface area contributed by atoms with Gasteiger partial charge in [-0.2, -0.15) is 0 Å². The van der Waals surface area contributed by atoms with Gasteiger partial charge in [0.2, 0.25) is 0 Å². The molecule has 5 nitrogen and oxygen atoms in total. The van der Waals surface area contributed by atoms with Gasteiger partial charge < -0.3 is 10.6 Å². The van der Waals surface area contributed by atoms with E-state index < -0.39 is 5.54 Å². The number of piperidine rings is 1. The molecule has 2 aliphatic heterocycles. The Labute approximate surface area is 108 Å². The zero-order chi connectivity index (χ0) is 13.2. The second kappa shape index (κ2) is 5.10. The van der Waals surface area contributed by atoms with E-state index in [4.69, 9.17) is 0 Å². The van der Waals surface area contributed by atoms with Crippen molar-refractivity contribution in [1.82, 2.24) is 15.5 Å². The molecule has 0 aliphatic carbocycles. The van der Waals surface area contributed by atoms with E-state index in [1.165, 1.54) is 4.90 Å². The average Bonchev–Trinajstić information content (AvgIpc) is 2.60. The second-order valence-corrected chi connectivity index (χ2v) is 5.21. The summed E-state index contributed by atoms with van der Waals surface area (Å²) in [5.74, 6) is 0.0829. The number of nitrogens with zero attached hydrogens (tertiary/aromatic N) is 1. The SMILES string of the molecule is C=CCCN1C(=O)NC(C)(C2CCCNC2)C1=O.